The first-order valence-electron chi connectivity index (χ1n) is 6.44. The van der Waals surface area contributed by atoms with E-state index in [2.05, 4.69) is 19.1 Å². The van der Waals surface area contributed by atoms with E-state index in [0.717, 1.165) is 18.8 Å². The largest absolute Gasteiger partial charge is 0.303 e. The number of carbonyl (C=O) groups is 1. The maximum atomic E-state index is 11.5. The van der Waals surface area contributed by atoms with Crippen LogP contribution in [0.5, 0.6) is 0 Å². The van der Waals surface area contributed by atoms with E-state index in [4.69, 9.17) is 0 Å². The lowest BCUT2D eigenvalue weighted by Gasteiger charge is -2.32. The van der Waals surface area contributed by atoms with Gasteiger partial charge in [0.15, 0.2) is 0 Å². The molecular weight excluding hydrogens is 184 g/mol. The molecule has 0 amide bonds. The van der Waals surface area contributed by atoms with Crippen molar-refractivity contribution in [2.45, 2.75) is 51.9 Å². The summed E-state index contributed by atoms with van der Waals surface area (Å²) in [5, 5.41) is 0. The average Bonchev–Trinajstić information content (AvgIpc) is 2.75. The van der Waals surface area contributed by atoms with Gasteiger partial charge >= 0.3 is 0 Å². The van der Waals surface area contributed by atoms with Gasteiger partial charge in [-0.1, -0.05) is 25.5 Å². The second-order valence-corrected chi connectivity index (χ2v) is 5.33. The SMILES string of the molecule is CCC1CCC(C=O)(C2C=CCCC2)C1. The molecule has 1 nitrogen and oxygen atoms in total. The summed E-state index contributed by atoms with van der Waals surface area (Å²) < 4.78 is 0. The predicted octanol–water partition coefficient (Wildman–Crippen LogP) is 3.74. The summed E-state index contributed by atoms with van der Waals surface area (Å²) in [4.78, 5) is 11.5. The van der Waals surface area contributed by atoms with Crippen LogP contribution in [-0.4, -0.2) is 6.29 Å². The van der Waals surface area contributed by atoms with Gasteiger partial charge in [0.25, 0.3) is 0 Å². The molecule has 0 aromatic heterocycles. The Labute approximate surface area is 92.9 Å². The molecule has 0 radical (unpaired) electrons. The third-order valence-corrected chi connectivity index (χ3v) is 4.49. The smallest absolute Gasteiger partial charge is 0.126 e. The molecule has 0 bridgehead atoms. The Morgan fingerprint density at radius 3 is 2.87 bits per heavy atom. The van der Waals surface area contributed by atoms with E-state index in [1.165, 1.54) is 38.4 Å². The van der Waals surface area contributed by atoms with Gasteiger partial charge in [0.2, 0.25) is 0 Å². The van der Waals surface area contributed by atoms with Crippen molar-refractivity contribution in [3.05, 3.63) is 12.2 Å². The first kappa shape index (κ1) is 10.9. The van der Waals surface area contributed by atoms with Gasteiger partial charge in [0.05, 0.1) is 0 Å². The molecule has 3 atom stereocenters. The fraction of sp³-hybridized carbons (Fsp3) is 0.786. The van der Waals surface area contributed by atoms with Crippen molar-refractivity contribution in [3.63, 3.8) is 0 Å². The zero-order valence-electron chi connectivity index (χ0n) is 9.74. The molecular formula is C14H22O. The highest BCUT2D eigenvalue weighted by Gasteiger charge is 2.43. The van der Waals surface area contributed by atoms with Crippen LogP contribution >= 0.6 is 0 Å². The number of carbonyl (C=O) groups excluding carboxylic acids is 1. The summed E-state index contributed by atoms with van der Waals surface area (Å²) in [5.41, 5.74) is 0.0115. The van der Waals surface area contributed by atoms with E-state index in [1.807, 2.05) is 0 Å². The Bertz CT molecular complexity index is 256. The normalized spacial score (nSPS) is 40.6. The van der Waals surface area contributed by atoms with Crippen molar-refractivity contribution in [1.82, 2.24) is 0 Å². The molecule has 3 unspecified atom stereocenters. The Kier molecular flexibility index (Phi) is 3.28. The van der Waals surface area contributed by atoms with Crippen LogP contribution in [0.25, 0.3) is 0 Å². The molecule has 2 aliphatic rings. The second-order valence-electron chi connectivity index (χ2n) is 5.33. The fourth-order valence-corrected chi connectivity index (χ4v) is 3.39. The van der Waals surface area contributed by atoms with Gasteiger partial charge in [-0.25, -0.2) is 0 Å². The van der Waals surface area contributed by atoms with E-state index in [1.54, 1.807) is 0 Å². The van der Waals surface area contributed by atoms with Gasteiger partial charge in [-0.05, 0) is 50.4 Å². The van der Waals surface area contributed by atoms with Gasteiger partial charge in [-0.15, -0.1) is 0 Å². The molecule has 15 heavy (non-hydrogen) atoms. The zero-order chi connectivity index (χ0) is 10.7. The van der Waals surface area contributed by atoms with Gasteiger partial charge in [0.1, 0.15) is 6.29 Å². The molecule has 2 aliphatic carbocycles. The summed E-state index contributed by atoms with van der Waals surface area (Å²) >= 11 is 0. The monoisotopic (exact) mass is 206 g/mol. The van der Waals surface area contributed by atoms with Crippen molar-refractivity contribution < 1.29 is 4.79 Å². The standard InChI is InChI=1S/C14H22O/c1-2-12-8-9-14(10-12,11-15)13-6-4-3-5-7-13/h4,6,11-13H,2-3,5,7-10H2,1H3. The maximum Gasteiger partial charge on any atom is 0.126 e. The maximum absolute atomic E-state index is 11.5. The molecule has 0 heterocycles. The Morgan fingerprint density at radius 1 is 1.47 bits per heavy atom. The van der Waals surface area contributed by atoms with E-state index >= 15 is 0 Å². The summed E-state index contributed by atoms with van der Waals surface area (Å²) in [6.07, 6.45) is 14.4. The van der Waals surface area contributed by atoms with Gasteiger partial charge in [-0.2, -0.15) is 0 Å². The lowest BCUT2D eigenvalue weighted by Crippen LogP contribution is -2.29. The molecule has 0 aliphatic heterocycles. The van der Waals surface area contributed by atoms with Gasteiger partial charge in [-0.3, -0.25) is 0 Å². The van der Waals surface area contributed by atoms with Crippen LogP contribution in [0.1, 0.15) is 51.9 Å². The summed E-state index contributed by atoms with van der Waals surface area (Å²) in [7, 11) is 0. The van der Waals surface area contributed by atoms with E-state index in [9.17, 15) is 4.79 Å². The molecule has 2 rings (SSSR count). The molecule has 1 saturated carbocycles. The van der Waals surface area contributed by atoms with Crippen LogP contribution in [0, 0.1) is 17.3 Å². The van der Waals surface area contributed by atoms with Crippen LogP contribution in [0.4, 0.5) is 0 Å². The van der Waals surface area contributed by atoms with E-state index in [-0.39, 0.29) is 5.41 Å². The number of rotatable bonds is 3. The minimum absolute atomic E-state index is 0.0115. The highest BCUT2D eigenvalue weighted by atomic mass is 16.1. The second kappa shape index (κ2) is 4.51. The van der Waals surface area contributed by atoms with Crippen molar-refractivity contribution >= 4 is 6.29 Å². The Balaban J connectivity index is 2.11. The van der Waals surface area contributed by atoms with Gasteiger partial charge in [0, 0.05) is 5.41 Å². The highest BCUT2D eigenvalue weighted by molar-refractivity contribution is 5.61. The lowest BCUT2D eigenvalue weighted by molar-refractivity contribution is -0.118. The summed E-state index contributed by atoms with van der Waals surface area (Å²) in [6, 6.07) is 0. The van der Waals surface area contributed by atoms with Gasteiger partial charge < -0.3 is 4.79 Å². The third-order valence-electron chi connectivity index (χ3n) is 4.49. The molecule has 0 spiro atoms. The van der Waals surface area contributed by atoms with E-state index in [0.29, 0.717) is 5.92 Å². The number of aldehydes is 1. The molecule has 0 saturated heterocycles. The molecule has 84 valence electrons. The highest BCUT2D eigenvalue weighted by Crippen LogP contribution is 2.49. The average molecular weight is 206 g/mol. The van der Waals surface area contributed by atoms with Crippen molar-refractivity contribution in [2.24, 2.45) is 17.3 Å². The summed E-state index contributed by atoms with van der Waals surface area (Å²) in [6.45, 7) is 2.25. The summed E-state index contributed by atoms with van der Waals surface area (Å²) in [5.74, 6) is 1.34. The number of hydrogen-bond donors (Lipinski definition) is 0. The molecule has 0 aromatic rings. The minimum Gasteiger partial charge on any atom is -0.303 e. The van der Waals surface area contributed by atoms with E-state index < -0.39 is 0 Å². The predicted molar refractivity (Wildman–Crippen MR) is 62.6 cm³/mol. The first-order valence-corrected chi connectivity index (χ1v) is 6.44. The quantitative estimate of drug-likeness (QED) is 0.508. The molecule has 1 fully saturated rings. The topological polar surface area (TPSA) is 17.1 Å². The van der Waals surface area contributed by atoms with Crippen molar-refractivity contribution in [1.29, 1.82) is 0 Å². The van der Waals surface area contributed by atoms with Crippen molar-refractivity contribution in [2.75, 3.05) is 0 Å². The fourth-order valence-electron chi connectivity index (χ4n) is 3.39. The van der Waals surface area contributed by atoms with Crippen LogP contribution in [-0.2, 0) is 4.79 Å². The number of hydrogen-bond acceptors (Lipinski definition) is 1. The molecule has 1 heteroatoms. The number of allylic oxidation sites excluding steroid dienone is 2. The Hall–Kier alpha value is -0.590. The molecule has 0 aromatic carbocycles. The Morgan fingerprint density at radius 2 is 2.33 bits per heavy atom. The van der Waals surface area contributed by atoms with Crippen LogP contribution in [0.15, 0.2) is 12.2 Å². The first-order chi connectivity index (χ1) is 7.30. The molecule has 0 N–H and O–H groups in total. The van der Waals surface area contributed by atoms with Crippen molar-refractivity contribution in [3.8, 4) is 0 Å². The third kappa shape index (κ3) is 2.02. The minimum atomic E-state index is 0.0115. The lowest BCUT2D eigenvalue weighted by atomic mass is 9.70. The zero-order valence-corrected chi connectivity index (χ0v) is 9.74. The van der Waals surface area contributed by atoms with Crippen LogP contribution in [0.2, 0.25) is 0 Å². The van der Waals surface area contributed by atoms with Crippen LogP contribution < -0.4 is 0 Å². The van der Waals surface area contributed by atoms with Crippen LogP contribution in [0.3, 0.4) is 0 Å².